The molecule has 1 unspecified atom stereocenters. The number of carboxylic acid groups (broad SMARTS) is 1. The molecule has 0 saturated heterocycles. The minimum Gasteiger partial charge on any atom is -0.479 e. The maximum atomic E-state index is 12.4. The lowest BCUT2D eigenvalue weighted by molar-refractivity contribution is -0.178. The number of carboxylic acids is 1. The summed E-state index contributed by atoms with van der Waals surface area (Å²) in [6, 6.07) is 4.58. The van der Waals surface area contributed by atoms with Gasteiger partial charge in [-0.3, -0.25) is 4.79 Å². The number of rotatable bonds is 2. The van der Waals surface area contributed by atoms with Crippen LogP contribution in [0.4, 0.5) is 13.2 Å². The maximum absolute atomic E-state index is 12.4. The number of amides is 1. The second kappa shape index (κ2) is 4.76. The fraction of sp³-hybridized carbons (Fsp3) is 0.333. The number of aryl methyl sites for hydroxylation is 1. The Kier molecular flexibility index (Phi) is 3.53. The highest BCUT2D eigenvalue weighted by molar-refractivity contribution is 9.10. The lowest BCUT2D eigenvalue weighted by Crippen LogP contribution is -2.54. The van der Waals surface area contributed by atoms with Crippen LogP contribution in [-0.4, -0.2) is 23.2 Å². The van der Waals surface area contributed by atoms with E-state index in [4.69, 9.17) is 0 Å². The number of nitrogens with one attached hydrogen (secondary N) is 1. The van der Waals surface area contributed by atoms with Crippen LogP contribution in [-0.2, 0) is 21.5 Å². The van der Waals surface area contributed by atoms with E-state index >= 15 is 0 Å². The van der Waals surface area contributed by atoms with Crippen LogP contribution in [0.5, 0.6) is 0 Å². The van der Waals surface area contributed by atoms with Gasteiger partial charge in [-0.25, -0.2) is 4.79 Å². The van der Waals surface area contributed by atoms with Crippen molar-refractivity contribution in [3.63, 3.8) is 0 Å². The van der Waals surface area contributed by atoms with Crippen LogP contribution in [0.2, 0.25) is 0 Å². The lowest BCUT2D eigenvalue weighted by Gasteiger charge is -2.27. The largest absolute Gasteiger partial charge is 0.479 e. The fourth-order valence-corrected chi connectivity index (χ4v) is 2.72. The van der Waals surface area contributed by atoms with Crippen molar-refractivity contribution < 1.29 is 27.9 Å². The molecular weight excluding hydrogens is 343 g/mol. The number of alkyl halides is 3. The lowest BCUT2D eigenvalue weighted by atomic mass is 9.91. The molecule has 8 heteroatoms. The van der Waals surface area contributed by atoms with Gasteiger partial charge in [0, 0.05) is 4.47 Å². The van der Waals surface area contributed by atoms with Gasteiger partial charge in [0.05, 0.1) is 0 Å². The van der Waals surface area contributed by atoms with Gasteiger partial charge in [0.15, 0.2) is 5.54 Å². The molecule has 0 aromatic heterocycles. The Morgan fingerprint density at radius 2 is 2.00 bits per heavy atom. The van der Waals surface area contributed by atoms with Crippen LogP contribution >= 0.6 is 15.9 Å². The van der Waals surface area contributed by atoms with Crippen molar-refractivity contribution in [1.29, 1.82) is 0 Å². The monoisotopic (exact) mass is 351 g/mol. The van der Waals surface area contributed by atoms with Gasteiger partial charge >= 0.3 is 18.1 Å². The second-order valence-electron chi connectivity index (χ2n) is 4.46. The van der Waals surface area contributed by atoms with Crippen LogP contribution < -0.4 is 5.32 Å². The van der Waals surface area contributed by atoms with Gasteiger partial charge in [0.2, 0.25) is 0 Å². The molecule has 1 aromatic rings. The quantitative estimate of drug-likeness (QED) is 0.859. The molecule has 1 aliphatic carbocycles. The van der Waals surface area contributed by atoms with Gasteiger partial charge in [-0.1, -0.05) is 22.0 Å². The number of carbonyl (C=O) groups excluding carboxylic acids is 1. The highest BCUT2D eigenvalue weighted by atomic mass is 79.9. The van der Waals surface area contributed by atoms with E-state index in [-0.39, 0.29) is 18.4 Å². The molecule has 0 radical (unpaired) electrons. The van der Waals surface area contributed by atoms with Gasteiger partial charge in [-0.15, -0.1) is 0 Å². The zero-order valence-electron chi connectivity index (χ0n) is 9.92. The molecule has 4 nitrogen and oxygen atoms in total. The molecule has 2 N–H and O–H groups in total. The Morgan fingerprint density at radius 1 is 1.35 bits per heavy atom. The van der Waals surface area contributed by atoms with Crippen LogP contribution in [0.25, 0.3) is 0 Å². The molecule has 0 aliphatic heterocycles. The van der Waals surface area contributed by atoms with E-state index in [9.17, 15) is 27.9 Å². The van der Waals surface area contributed by atoms with Crippen molar-refractivity contribution in [2.45, 2.75) is 24.6 Å². The van der Waals surface area contributed by atoms with Gasteiger partial charge in [0.1, 0.15) is 0 Å². The van der Waals surface area contributed by atoms with Gasteiger partial charge in [0.25, 0.3) is 0 Å². The van der Waals surface area contributed by atoms with Crippen LogP contribution in [0.15, 0.2) is 22.7 Å². The summed E-state index contributed by atoms with van der Waals surface area (Å²) in [4.78, 5) is 22.5. The van der Waals surface area contributed by atoms with Crippen LogP contribution in [0.1, 0.15) is 17.5 Å². The molecule has 0 bridgehead atoms. The third-order valence-corrected chi connectivity index (χ3v) is 3.74. The Balaban J connectivity index is 2.45. The molecule has 20 heavy (non-hydrogen) atoms. The summed E-state index contributed by atoms with van der Waals surface area (Å²) in [6.45, 7) is 0. The third kappa shape index (κ3) is 2.39. The Labute approximate surface area is 120 Å². The van der Waals surface area contributed by atoms with E-state index < -0.39 is 23.6 Å². The van der Waals surface area contributed by atoms with Crippen molar-refractivity contribution >= 4 is 27.8 Å². The molecule has 108 valence electrons. The van der Waals surface area contributed by atoms with E-state index in [0.29, 0.717) is 10.0 Å². The fourth-order valence-electron chi connectivity index (χ4n) is 2.31. The molecular formula is C12H9BrF3NO3. The number of hydrogen-bond acceptors (Lipinski definition) is 2. The zero-order chi connectivity index (χ0) is 15.1. The SMILES string of the molecule is O=C(NC1(C(=O)O)CCc2cc(Br)ccc21)C(F)(F)F. The summed E-state index contributed by atoms with van der Waals surface area (Å²) >= 11 is 3.21. The molecule has 0 spiro atoms. The minimum absolute atomic E-state index is 0.115. The number of hydrogen-bond donors (Lipinski definition) is 2. The maximum Gasteiger partial charge on any atom is 0.471 e. The first-order valence-corrected chi connectivity index (χ1v) is 6.38. The van der Waals surface area contributed by atoms with Crippen molar-refractivity contribution in [3.05, 3.63) is 33.8 Å². The first kappa shape index (κ1) is 14.8. The number of fused-ring (bicyclic) bond motifs is 1. The average Bonchev–Trinajstić information content (AvgIpc) is 2.67. The van der Waals surface area contributed by atoms with E-state index in [1.165, 1.54) is 12.1 Å². The van der Waals surface area contributed by atoms with E-state index in [0.717, 1.165) is 0 Å². The van der Waals surface area contributed by atoms with Gasteiger partial charge in [-0.2, -0.15) is 13.2 Å². The molecule has 1 aromatic carbocycles. The van der Waals surface area contributed by atoms with Gasteiger partial charge in [-0.05, 0) is 36.1 Å². The van der Waals surface area contributed by atoms with Crippen LogP contribution in [0, 0.1) is 0 Å². The molecule has 1 atom stereocenters. The topological polar surface area (TPSA) is 66.4 Å². The molecule has 1 amide bonds. The molecule has 0 heterocycles. The number of aliphatic carboxylic acids is 1. The van der Waals surface area contributed by atoms with Crippen molar-refractivity contribution in [2.24, 2.45) is 0 Å². The summed E-state index contributed by atoms with van der Waals surface area (Å²) in [5.74, 6) is -3.76. The smallest absolute Gasteiger partial charge is 0.471 e. The normalized spacial score (nSPS) is 21.4. The zero-order valence-corrected chi connectivity index (χ0v) is 11.5. The number of carbonyl (C=O) groups is 2. The summed E-state index contributed by atoms with van der Waals surface area (Å²) < 4.78 is 37.8. The van der Waals surface area contributed by atoms with E-state index in [1.54, 1.807) is 11.4 Å². The summed E-state index contributed by atoms with van der Waals surface area (Å²) in [5.41, 5.74) is -1.24. The first-order chi connectivity index (χ1) is 9.17. The van der Waals surface area contributed by atoms with E-state index in [2.05, 4.69) is 15.9 Å². The standard InChI is InChI=1S/C12H9BrF3NO3/c13-7-1-2-8-6(5-7)3-4-11(8,10(19)20)17-9(18)12(14,15)16/h1-2,5H,3-4H2,(H,17,18)(H,19,20). The highest BCUT2D eigenvalue weighted by Gasteiger charge is 2.51. The Morgan fingerprint density at radius 3 is 2.55 bits per heavy atom. The minimum atomic E-state index is -5.12. The average molecular weight is 352 g/mol. The van der Waals surface area contributed by atoms with Crippen LogP contribution in [0.3, 0.4) is 0 Å². The summed E-state index contributed by atoms with van der Waals surface area (Å²) in [6.07, 6.45) is -4.96. The predicted octanol–water partition coefficient (Wildman–Crippen LogP) is 2.35. The van der Waals surface area contributed by atoms with E-state index in [1.807, 2.05) is 0 Å². The predicted molar refractivity (Wildman–Crippen MR) is 66.0 cm³/mol. The second-order valence-corrected chi connectivity index (χ2v) is 5.38. The highest BCUT2D eigenvalue weighted by Crippen LogP contribution is 2.39. The third-order valence-electron chi connectivity index (χ3n) is 3.25. The van der Waals surface area contributed by atoms with Crippen molar-refractivity contribution in [2.75, 3.05) is 0 Å². The van der Waals surface area contributed by atoms with Gasteiger partial charge < -0.3 is 10.4 Å². The summed E-state index contributed by atoms with van der Waals surface area (Å²) in [5, 5.41) is 10.9. The van der Waals surface area contributed by atoms with Crippen molar-refractivity contribution in [3.8, 4) is 0 Å². The number of halogens is 4. The molecule has 2 rings (SSSR count). The Bertz CT molecular complexity index is 588. The summed E-state index contributed by atoms with van der Waals surface area (Å²) in [7, 11) is 0. The van der Waals surface area contributed by atoms with Crippen molar-refractivity contribution in [1.82, 2.24) is 5.32 Å². The number of benzene rings is 1. The molecule has 0 saturated carbocycles. The molecule has 1 aliphatic rings. The first-order valence-electron chi connectivity index (χ1n) is 5.58. The molecule has 0 fully saturated rings. The Hall–Kier alpha value is -1.57.